The molecule has 3 rings (SSSR count). The van der Waals surface area contributed by atoms with Crippen LogP contribution in [-0.4, -0.2) is 41.0 Å². The minimum atomic E-state index is -0.889. The summed E-state index contributed by atoms with van der Waals surface area (Å²) in [6.07, 6.45) is 1.29. The Labute approximate surface area is 127 Å². The third kappa shape index (κ3) is 2.81. The summed E-state index contributed by atoms with van der Waals surface area (Å²) >= 11 is 5.87. The van der Waals surface area contributed by atoms with Gasteiger partial charge >= 0.3 is 0 Å². The van der Waals surface area contributed by atoms with Crippen LogP contribution < -0.4 is 5.32 Å². The number of likely N-dealkylation sites (tertiary alicyclic amines) is 1. The Balaban J connectivity index is 1.68. The summed E-state index contributed by atoms with van der Waals surface area (Å²) in [5, 5.41) is 13.7. The number of amides is 2. The van der Waals surface area contributed by atoms with Gasteiger partial charge in [0, 0.05) is 18.1 Å². The highest BCUT2D eigenvalue weighted by molar-refractivity contribution is 6.30. The van der Waals surface area contributed by atoms with Crippen molar-refractivity contribution >= 4 is 23.4 Å². The quantitative estimate of drug-likeness (QED) is 0.801. The largest absolute Gasteiger partial charge is 0.385 e. The van der Waals surface area contributed by atoms with E-state index in [1.807, 2.05) is 17.0 Å². The maximum absolute atomic E-state index is 11.7. The van der Waals surface area contributed by atoms with Crippen molar-refractivity contribution in [3.05, 3.63) is 34.9 Å². The summed E-state index contributed by atoms with van der Waals surface area (Å²) < 4.78 is 0. The average molecular weight is 309 g/mol. The van der Waals surface area contributed by atoms with Gasteiger partial charge in [0.1, 0.15) is 0 Å². The van der Waals surface area contributed by atoms with Gasteiger partial charge in [-0.05, 0) is 30.5 Å². The van der Waals surface area contributed by atoms with Crippen molar-refractivity contribution in [2.24, 2.45) is 0 Å². The molecule has 5 nitrogen and oxygen atoms in total. The highest BCUT2D eigenvalue weighted by Crippen LogP contribution is 2.34. The molecule has 2 saturated heterocycles. The van der Waals surface area contributed by atoms with Gasteiger partial charge in [0.15, 0.2) is 0 Å². The Morgan fingerprint density at radius 2 is 1.81 bits per heavy atom. The predicted molar refractivity (Wildman–Crippen MR) is 77.7 cm³/mol. The second-order valence-corrected chi connectivity index (χ2v) is 6.14. The zero-order chi connectivity index (χ0) is 15.0. The number of hydrogen-bond donors (Lipinski definition) is 2. The first-order valence-corrected chi connectivity index (χ1v) is 7.42. The smallest absolute Gasteiger partial charge is 0.244 e. The van der Waals surface area contributed by atoms with Crippen molar-refractivity contribution in [2.45, 2.75) is 30.9 Å². The fourth-order valence-corrected chi connectivity index (χ4v) is 3.22. The van der Waals surface area contributed by atoms with Crippen LogP contribution >= 0.6 is 11.6 Å². The van der Waals surface area contributed by atoms with E-state index in [0.29, 0.717) is 31.0 Å². The molecule has 2 fully saturated rings. The van der Waals surface area contributed by atoms with Crippen LogP contribution in [-0.2, 0) is 15.2 Å². The van der Waals surface area contributed by atoms with Crippen LogP contribution in [0.4, 0.5) is 0 Å². The molecule has 0 spiro atoms. The second-order valence-electron chi connectivity index (χ2n) is 5.71. The number of halogens is 1. The molecule has 1 aromatic carbocycles. The number of aliphatic hydroxyl groups is 1. The van der Waals surface area contributed by atoms with E-state index in [1.165, 1.54) is 0 Å². The van der Waals surface area contributed by atoms with Crippen LogP contribution in [0.15, 0.2) is 24.3 Å². The lowest BCUT2D eigenvalue weighted by atomic mass is 9.84. The van der Waals surface area contributed by atoms with E-state index in [2.05, 4.69) is 5.32 Å². The maximum Gasteiger partial charge on any atom is 0.244 e. The highest BCUT2D eigenvalue weighted by atomic mass is 35.5. The summed E-state index contributed by atoms with van der Waals surface area (Å²) in [7, 11) is 0. The van der Waals surface area contributed by atoms with Crippen molar-refractivity contribution in [1.82, 2.24) is 10.2 Å². The molecule has 2 amide bonds. The number of imide groups is 1. The van der Waals surface area contributed by atoms with Crippen LogP contribution in [0.5, 0.6) is 0 Å². The van der Waals surface area contributed by atoms with Gasteiger partial charge < -0.3 is 5.11 Å². The Bertz CT molecular complexity index is 565. The fraction of sp³-hybridized carbons (Fsp3) is 0.467. The van der Waals surface area contributed by atoms with E-state index >= 15 is 0 Å². The topological polar surface area (TPSA) is 69.6 Å². The van der Waals surface area contributed by atoms with Crippen molar-refractivity contribution in [3.63, 3.8) is 0 Å². The SMILES string of the molecule is O=C1C[C@@H](N2CCC(O)(c3ccc(Cl)cc3)CC2)C(=O)N1. The zero-order valence-corrected chi connectivity index (χ0v) is 12.3. The Hall–Kier alpha value is -1.43. The predicted octanol–water partition coefficient (Wildman–Crippen LogP) is 1.04. The van der Waals surface area contributed by atoms with E-state index in [4.69, 9.17) is 11.6 Å². The lowest BCUT2D eigenvalue weighted by Crippen LogP contribution is -2.49. The van der Waals surface area contributed by atoms with Crippen LogP contribution in [0, 0.1) is 0 Å². The minimum absolute atomic E-state index is 0.219. The average Bonchev–Trinajstić information content (AvgIpc) is 2.79. The first-order valence-electron chi connectivity index (χ1n) is 7.04. The number of benzene rings is 1. The fourth-order valence-electron chi connectivity index (χ4n) is 3.09. The van der Waals surface area contributed by atoms with Crippen LogP contribution in [0.2, 0.25) is 5.02 Å². The molecule has 6 heteroatoms. The van der Waals surface area contributed by atoms with Gasteiger partial charge in [0.05, 0.1) is 18.1 Å². The lowest BCUT2D eigenvalue weighted by molar-refractivity contribution is -0.127. The molecule has 2 aliphatic rings. The number of piperidine rings is 1. The molecule has 2 aliphatic heterocycles. The van der Waals surface area contributed by atoms with Crippen molar-refractivity contribution in [1.29, 1.82) is 0 Å². The first-order chi connectivity index (χ1) is 9.98. The Morgan fingerprint density at radius 1 is 1.19 bits per heavy atom. The molecule has 2 heterocycles. The molecule has 112 valence electrons. The standard InChI is InChI=1S/C15H17ClN2O3/c16-11-3-1-10(2-4-11)15(21)5-7-18(8-6-15)12-9-13(19)17-14(12)20/h1-4,12,21H,5-9H2,(H,17,19,20)/t12-/m1/s1. The number of nitrogens with one attached hydrogen (secondary N) is 1. The van der Waals surface area contributed by atoms with Crippen molar-refractivity contribution in [3.8, 4) is 0 Å². The molecule has 0 aliphatic carbocycles. The van der Waals surface area contributed by atoms with Crippen LogP contribution in [0.3, 0.4) is 0 Å². The van der Waals surface area contributed by atoms with E-state index in [9.17, 15) is 14.7 Å². The Kier molecular flexibility index (Phi) is 3.73. The van der Waals surface area contributed by atoms with E-state index in [-0.39, 0.29) is 24.3 Å². The highest BCUT2D eigenvalue weighted by Gasteiger charge is 2.41. The number of carbonyl (C=O) groups is 2. The van der Waals surface area contributed by atoms with Crippen molar-refractivity contribution in [2.75, 3.05) is 13.1 Å². The molecular weight excluding hydrogens is 292 g/mol. The monoisotopic (exact) mass is 308 g/mol. The number of hydrogen-bond acceptors (Lipinski definition) is 4. The molecular formula is C15H17ClN2O3. The normalized spacial score (nSPS) is 25.9. The minimum Gasteiger partial charge on any atom is -0.385 e. The van der Waals surface area contributed by atoms with Gasteiger partial charge in [-0.3, -0.25) is 19.8 Å². The molecule has 1 atom stereocenters. The molecule has 0 aromatic heterocycles. The molecule has 0 unspecified atom stereocenters. The molecule has 0 bridgehead atoms. The first kappa shape index (κ1) is 14.5. The number of nitrogens with zero attached hydrogens (tertiary/aromatic N) is 1. The lowest BCUT2D eigenvalue weighted by Gasteiger charge is -2.40. The summed E-state index contributed by atoms with van der Waals surface area (Å²) in [5.74, 6) is -0.444. The third-order valence-corrected chi connectivity index (χ3v) is 4.64. The van der Waals surface area contributed by atoms with Gasteiger partial charge in [0.25, 0.3) is 0 Å². The van der Waals surface area contributed by atoms with Gasteiger partial charge in [-0.25, -0.2) is 0 Å². The Morgan fingerprint density at radius 3 is 2.33 bits per heavy atom. The van der Waals surface area contributed by atoms with Gasteiger partial charge in [-0.15, -0.1) is 0 Å². The molecule has 0 radical (unpaired) electrons. The van der Waals surface area contributed by atoms with Gasteiger partial charge in [-0.2, -0.15) is 0 Å². The zero-order valence-electron chi connectivity index (χ0n) is 11.5. The maximum atomic E-state index is 11.7. The summed E-state index contributed by atoms with van der Waals surface area (Å²) in [5.41, 5.74) is -0.0429. The summed E-state index contributed by atoms with van der Waals surface area (Å²) in [4.78, 5) is 24.9. The van der Waals surface area contributed by atoms with E-state index < -0.39 is 5.60 Å². The molecule has 1 aromatic rings. The molecule has 0 saturated carbocycles. The molecule has 21 heavy (non-hydrogen) atoms. The van der Waals surface area contributed by atoms with Crippen LogP contribution in [0.25, 0.3) is 0 Å². The van der Waals surface area contributed by atoms with E-state index in [0.717, 1.165) is 5.56 Å². The summed E-state index contributed by atoms with van der Waals surface area (Å²) in [6, 6.07) is 6.83. The summed E-state index contributed by atoms with van der Waals surface area (Å²) in [6.45, 7) is 1.18. The van der Waals surface area contributed by atoms with Crippen molar-refractivity contribution < 1.29 is 14.7 Å². The number of rotatable bonds is 2. The van der Waals surface area contributed by atoms with Gasteiger partial charge in [0.2, 0.25) is 11.8 Å². The second kappa shape index (κ2) is 5.40. The third-order valence-electron chi connectivity index (χ3n) is 4.39. The molecule has 2 N–H and O–H groups in total. The number of carbonyl (C=O) groups excluding carboxylic acids is 2. The van der Waals surface area contributed by atoms with Gasteiger partial charge in [-0.1, -0.05) is 23.7 Å². The van der Waals surface area contributed by atoms with Crippen LogP contribution in [0.1, 0.15) is 24.8 Å². The van der Waals surface area contributed by atoms with E-state index in [1.54, 1.807) is 12.1 Å².